The molecule has 0 aliphatic carbocycles. The monoisotopic (exact) mass is 275 g/mol. The van der Waals surface area contributed by atoms with Gasteiger partial charge in [0.25, 0.3) is 0 Å². The summed E-state index contributed by atoms with van der Waals surface area (Å²) in [5.41, 5.74) is 7.43. The molecule has 2 rings (SSSR count). The lowest BCUT2D eigenvalue weighted by Crippen LogP contribution is -2.35. The second-order valence-electron chi connectivity index (χ2n) is 6.08. The van der Waals surface area contributed by atoms with E-state index >= 15 is 0 Å². The number of rotatable bonds is 6. The summed E-state index contributed by atoms with van der Waals surface area (Å²) in [5.74, 6) is 2.09. The molecule has 1 aromatic rings. The second-order valence-corrected chi connectivity index (χ2v) is 6.08. The minimum Gasteiger partial charge on any atom is -0.356 e. The van der Waals surface area contributed by atoms with E-state index in [9.17, 15) is 0 Å². The predicted molar refractivity (Wildman–Crippen MR) is 86.1 cm³/mol. The van der Waals surface area contributed by atoms with Crippen molar-refractivity contribution in [2.75, 3.05) is 18.0 Å². The summed E-state index contributed by atoms with van der Waals surface area (Å²) in [5, 5.41) is 0. The molecule has 2 heterocycles. The molecule has 2 N–H and O–H groups in total. The third-order valence-electron chi connectivity index (χ3n) is 4.48. The highest BCUT2D eigenvalue weighted by Crippen LogP contribution is 2.27. The van der Waals surface area contributed by atoms with Crippen LogP contribution in [0.25, 0.3) is 0 Å². The Balaban J connectivity index is 2.02. The molecule has 1 aromatic heterocycles. The zero-order valence-corrected chi connectivity index (χ0v) is 13.0. The summed E-state index contributed by atoms with van der Waals surface area (Å²) in [7, 11) is 0. The van der Waals surface area contributed by atoms with Crippen molar-refractivity contribution in [3.05, 3.63) is 23.9 Å². The van der Waals surface area contributed by atoms with Gasteiger partial charge in [-0.2, -0.15) is 0 Å². The van der Waals surface area contributed by atoms with Gasteiger partial charge in [-0.1, -0.05) is 32.8 Å². The highest BCUT2D eigenvalue weighted by atomic mass is 15.2. The zero-order valence-electron chi connectivity index (χ0n) is 13.0. The quantitative estimate of drug-likeness (QED) is 0.865. The van der Waals surface area contributed by atoms with Crippen molar-refractivity contribution in [1.29, 1.82) is 0 Å². The van der Waals surface area contributed by atoms with Crippen LogP contribution in [0.5, 0.6) is 0 Å². The summed E-state index contributed by atoms with van der Waals surface area (Å²) in [6.07, 6.45) is 9.18. The number of piperidine rings is 1. The van der Waals surface area contributed by atoms with Gasteiger partial charge in [-0.25, -0.2) is 4.98 Å². The molecule has 0 amide bonds. The molecule has 1 saturated heterocycles. The van der Waals surface area contributed by atoms with Crippen molar-refractivity contribution in [2.45, 2.75) is 58.4 Å². The average Bonchev–Trinajstić information content (AvgIpc) is 2.49. The lowest BCUT2D eigenvalue weighted by molar-refractivity contribution is 0.377. The average molecular weight is 275 g/mol. The summed E-state index contributed by atoms with van der Waals surface area (Å²) >= 11 is 0. The molecular formula is C17H29N3. The number of aromatic nitrogens is 1. The predicted octanol–water partition coefficient (Wildman–Crippen LogP) is 3.38. The highest BCUT2D eigenvalue weighted by molar-refractivity contribution is 5.47. The summed E-state index contributed by atoms with van der Waals surface area (Å²) in [6, 6.07) is 4.47. The normalized spacial score (nSPS) is 18.2. The van der Waals surface area contributed by atoms with E-state index in [2.05, 4.69) is 29.8 Å². The van der Waals surface area contributed by atoms with Crippen LogP contribution >= 0.6 is 0 Å². The standard InChI is InChI=1S/C17H29N3/c1-3-6-14-8-11-20(12-9-14)17-15(7-5-10-19-17)13-16(18)4-2/h5,7,10,14,16H,3-4,6,8-9,11-13,18H2,1-2H3. The van der Waals surface area contributed by atoms with Crippen molar-refractivity contribution in [1.82, 2.24) is 4.98 Å². The molecule has 0 spiro atoms. The Kier molecular flexibility index (Phi) is 5.84. The molecule has 0 aromatic carbocycles. The van der Waals surface area contributed by atoms with E-state index in [4.69, 9.17) is 5.73 Å². The summed E-state index contributed by atoms with van der Waals surface area (Å²) in [6.45, 7) is 6.73. The first-order valence-corrected chi connectivity index (χ1v) is 8.19. The number of nitrogens with zero attached hydrogens (tertiary/aromatic N) is 2. The number of pyridine rings is 1. The molecule has 20 heavy (non-hydrogen) atoms. The summed E-state index contributed by atoms with van der Waals surface area (Å²) < 4.78 is 0. The molecule has 1 atom stereocenters. The first-order chi connectivity index (χ1) is 9.74. The van der Waals surface area contributed by atoms with Gasteiger partial charge in [0, 0.05) is 25.3 Å². The van der Waals surface area contributed by atoms with E-state index in [-0.39, 0.29) is 6.04 Å². The van der Waals surface area contributed by atoms with E-state index in [1.165, 1.54) is 37.1 Å². The molecular weight excluding hydrogens is 246 g/mol. The molecule has 0 bridgehead atoms. The Morgan fingerprint density at radius 1 is 1.35 bits per heavy atom. The van der Waals surface area contributed by atoms with Crippen molar-refractivity contribution >= 4 is 5.82 Å². The molecule has 1 aliphatic rings. The van der Waals surface area contributed by atoms with Gasteiger partial charge in [-0.05, 0) is 43.2 Å². The Morgan fingerprint density at radius 2 is 2.10 bits per heavy atom. The Bertz CT molecular complexity index is 397. The second kappa shape index (κ2) is 7.63. The molecule has 3 heteroatoms. The number of nitrogens with two attached hydrogens (primary N) is 1. The zero-order chi connectivity index (χ0) is 14.4. The van der Waals surface area contributed by atoms with Gasteiger partial charge in [-0.15, -0.1) is 0 Å². The largest absolute Gasteiger partial charge is 0.356 e. The van der Waals surface area contributed by atoms with E-state index in [1.807, 2.05) is 12.3 Å². The minimum absolute atomic E-state index is 0.246. The maximum Gasteiger partial charge on any atom is 0.131 e. The molecule has 1 aliphatic heterocycles. The van der Waals surface area contributed by atoms with Crippen LogP contribution < -0.4 is 10.6 Å². The molecule has 1 unspecified atom stereocenters. The van der Waals surface area contributed by atoms with Crippen molar-refractivity contribution in [3.63, 3.8) is 0 Å². The van der Waals surface area contributed by atoms with Crippen LogP contribution in [0.15, 0.2) is 18.3 Å². The van der Waals surface area contributed by atoms with Crippen molar-refractivity contribution < 1.29 is 0 Å². The third kappa shape index (κ3) is 3.95. The van der Waals surface area contributed by atoms with Crippen LogP contribution in [-0.2, 0) is 6.42 Å². The van der Waals surface area contributed by atoms with Gasteiger partial charge in [0.1, 0.15) is 5.82 Å². The van der Waals surface area contributed by atoms with E-state index in [1.54, 1.807) is 0 Å². The molecule has 3 nitrogen and oxygen atoms in total. The smallest absolute Gasteiger partial charge is 0.131 e. The number of hydrogen-bond acceptors (Lipinski definition) is 3. The first-order valence-electron chi connectivity index (χ1n) is 8.19. The van der Waals surface area contributed by atoms with Gasteiger partial charge >= 0.3 is 0 Å². The molecule has 1 fully saturated rings. The van der Waals surface area contributed by atoms with Gasteiger partial charge in [0.2, 0.25) is 0 Å². The fraction of sp³-hybridized carbons (Fsp3) is 0.706. The van der Waals surface area contributed by atoms with Crippen LogP contribution in [0.3, 0.4) is 0 Å². The number of hydrogen-bond donors (Lipinski definition) is 1. The van der Waals surface area contributed by atoms with Crippen LogP contribution in [-0.4, -0.2) is 24.1 Å². The van der Waals surface area contributed by atoms with Crippen LogP contribution in [0, 0.1) is 5.92 Å². The van der Waals surface area contributed by atoms with Crippen LogP contribution in [0.4, 0.5) is 5.82 Å². The number of anilines is 1. The van der Waals surface area contributed by atoms with Crippen LogP contribution in [0.2, 0.25) is 0 Å². The van der Waals surface area contributed by atoms with Crippen molar-refractivity contribution in [3.8, 4) is 0 Å². The lowest BCUT2D eigenvalue weighted by atomic mass is 9.92. The van der Waals surface area contributed by atoms with E-state index < -0.39 is 0 Å². The van der Waals surface area contributed by atoms with Gasteiger partial charge in [-0.3, -0.25) is 0 Å². The Morgan fingerprint density at radius 3 is 2.75 bits per heavy atom. The van der Waals surface area contributed by atoms with E-state index in [0.717, 1.165) is 31.8 Å². The molecule has 112 valence electrons. The highest BCUT2D eigenvalue weighted by Gasteiger charge is 2.21. The van der Waals surface area contributed by atoms with Gasteiger partial charge in [0.15, 0.2) is 0 Å². The Hall–Kier alpha value is -1.09. The van der Waals surface area contributed by atoms with Crippen LogP contribution in [0.1, 0.15) is 51.5 Å². The Labute approximate surface area is 123 Å². The topological polar surface area (TPSA) is 42.2 Å². The minimum atomic E-state index is 0.246. The fourth-order valence-electron chi connectivity index (χ4n) is 3.14. The maximum atomic E-state index is 6.12. The molecule has 0 saturated carbocycles. The summed E-state index contributed by atoms with van der Waals surface area (Å²) in [4.78, 5) is 7.09. The first kappa shape index (κ1) is 15.3. The van der Waals surface area contributed by atoms with Crippen molar-refractivity contribution in [2.24, 2.45) is 11.7 Å². The molecule has 0 radical (unpaired) electrons. The van der Waals surface area contributed by atoms with Gasteiger partial charge in [0.05, 0.1) is 0 Å². The van der Waals surface area contributed by atoms with E-state index in [0.29, 0.717) is 0 Å². The lowest BCUT2D eigenvalue weighted by Gasteiger charge is -2.34. The third-order valence-corrected chi connectivity index (χ3v) is 4.48. The maximum absolute atomic E-state index is 6.12. The fourth-order valence-corrected chi connectivity index (χ4v) is 3.14. The SMILES string of the molecule is CCCC1CCN(c2ncccc2CC(N)CC)CC1. The van der Waals surface area contributed by atoms with Gasteiger partial charge < -0.3 is 10.6 Å².